The number of aromatic amines is 1. The van der Waals surface area contributed by atoms with Crippen LogP contribution in [0.25, 0.3) is 10.9 Å². The van der Waals surface area contributed by atoms with Gasteiger partial charge in [0.05, 0.1) is 6.07 Å². The van der Waals surface area contributed by atoms with Crippen molar-refractivity contribution in [1.82, 2.24) is 15.2 Å². The second kappa shape index (κ2) is 4.81. The molecule has 1 unspecified atom stereocenters. The minimum absolute atomic E-state index is 0.150. The summed E-state index contributed by atoms with van der Waals surface area (Å²) in [4.78, 5) is 5.49. The number of para-hydroxylation sites is 1. The fourth-order valence-electron chi connectivity index (χ4n) is 2.61. The molecule has 4 nitrogen and oxygen atoms in total. The largest absolute Gasteiger partial charge is 0.361 e. The first-order valence-electron chi connectivity index (χ1n) is 6.30. The molecule has 0 radical (unpaired) electrons. The molecule has 2 heterocycles. The molecule has 0 bridgehead atoms. The van der Waals surface area contributed by atoms with Gasteiger partial charge in [-0.15, -0.1) is 0 Å². The monoisotopic (exact) mass is 240 g/mol. The van der Waals surface area contributed by atoms with Crippen LogP contribution >= 0.6 is 0 Å². The van der Waals surface area contributed by atoms with E-state index in [0.717, 1.165) is 42.6 Å². The molecule has 1 atom stereocenters. The Hall–Kier alpha value is -1.83. The van der Waals surface area contributed by atoms with Gasteiger partial charge in [-0.2, -0.15) is 5.26 Å². The molecule has 1 aromatic carbocycles. The lowest BCUT2D eigenvalue weighted by atomic mass is 10.0. The number of hydrogen-bond donors (Lipinski definition) is 2. The van der Waals surface area contributed by atoms with E-state index in [1.165, 1.54) is 0 Å². The highest BCUT2D eigenvalue weighted by Gasteiger charge is 2.23. The van der Waals surface area contributed by atoms with E-state index >= 15 is 0 Å². The summed E-state index contributed by atoms with van der Waals surface area (Å²) in [6, 6.07) is 10.4. The van der Waals surface area contributed by atoms with Crippen LogP contribution in [-0.2, 0) is 0 Å². The summed E-state index contributed by atoms with van der Waals surface area (Å²) in [6.45, 7) is 3.77. The Morgan fingerprint density at radius 1 is 1.22 bits per heavy atom. The van der Waals surface area contributed by atoms with Gasteiger partial charge in [-0.1, -0.05) is 18.2 Å². The lowest BCUT2D eigenvalue weighted by molar-refractivity contribution is 0.208. The van der Waals surface area contributed by atoms with Crippen molar-refractivity contribution < 1.29 is 0 Å². The number of aromatic nitrogens is 1. The van der Waals surface area contributed by atoms with Crippen molar-refractivity contribution in [2.24, 2.45) is 0 Å². The average Bonchev–Trinajstić information content (AvgIpc) is 2.85. The minimum atomic E-state index is -0.150. The molecule has 92 valence electrons. The van der Waals surface area contributed by atoms with E-state index in [0.29, 0.717) is 0 Å². The molecule has 2 N–H and O–H groups in total. The van der Waals surface area contributed by atoms with Gasteiger partial charge in [-0.25, -0.2) is 0 Å². The van der Waals surface area contributed by atoms with Crippen molar-refractivity contribution in [3.63, 3.8) is 0 Å². The summed E-state index contributed by atoms with van der Waals surface area (Å²) < 4.78 is 0. The van der Waals surface area contributed by atoms with Crippen molar-refractivity contribution >= 4 is 10.9 Å². The quantitative estimate of drug-likeness (QED) is 0.839. The van der Waals surface area contributed by atoms with E-state index in [4.69, 9.17) is 0 Å². The Morgan fingerprint density at radius 2 is 2.00 bits per heavy atom. The molecule has 1 aliphatic heterocycles. The normalized spacial score (nSPS) is 18.6. The first-order chi connectivity index (χ1) is 8.90. The first-order valence-corrected chi connectivity index (χ1v) is 6.30. The number of fused-ring (bicyclic) bond motifs is 1. The second-order valence-corrected chi connectivity index (χ2v) is 4.61. The van der Waals surface area contributed by atoms with Gasteiger partial charge in [0.1, 0.15) is 6.04 Å². The molecular weight excluding hydrogens is 224 g/mol. The zero-order valence-electron chi connectivity index (χ0n) is 10.2. The third kappa shape index (κ3) is 1.88. The van der Waals surface area contributed by atoms with E-state index < -0.39 is 0 Å². The Balaban J connectivity index is 1.98. The van der Waals surface area contributed by atoms with Crippen LogP contribution in [0.3, 0.4) is 0 Å². The molecule has 1 aromatic heterocycles. The lowest BCUT2D eigenvalue weighted by Crippen LogP contribution is -2.44. The van der Waals surface area contributed by atoms with E-state index in [9.17, 15) is 5.26 Å². The van der Waals surface area contributed by atoms with Crippen molar-refractivity contribution in [3.8, 4) is 6.07 Å². The van der Waals surface area contributed by atoms with Gasteiger partial charge >= 0.3 is 0 Å². The number of nitrogens with zero attached hydrogens (tertiary/aromatic N) is 2. The van der Waals surface area contributed by atoms with Crippen LogP contribution in [0.4, 0.5) is 0 Å². The van der Waals surface area contributed by atoms with Gasteiger partial charge in [-0.3, -0.25) is 4.90 Å². The van der Waals surface area contributed by atoms with Crippen LogP contribution in [0, 0.1) is 11.3 Å². The molecule has 4 heteroatoms. The number of benzene rings is 1. The van der Waals surface area contributed by atoms with Gasteiger partial charge in [-0.05, 0) is 6.07 Å². The van der Waals surface area contributed by atoms with E-state index in [-0.39, 0.29) is 6.04 Å². The number of nitriles is 1. The standard InChI is InChI=1S/C14H16N4/c15-9-14(18-7-5-16-6-8-18)12-10-17-13-4-2-1-3-11(12)13/h1-4,10,14,16-17H,5-8H2. The Kier molecular flexibility index (Phi) is 3.01. The van der Waals surface area contributed by atoms with Gasteiger partial charge in [0.15, 0.2) is 0 Å². The molecule has 0 spiro atoms. The minimum Gasteiger partial charge on any atom is -0.361 e. The smallest absolute Gasteiger partial charge is 0.126 e. The third-order valence-corrected chi connectivity index (χ3v) is 3.55. The fourth-order valence-corrected chi connectivity index (χ4v) is 2.61. The Bertz CT molecular complexity index is 575. The van der Waals surface area contributed by atoms with E-state index in [1.54, 1.807) is 0 Å². The van der Waals surface area contributed by atoms with Crippen LogP contribution in [0.2, 0.25) is 0 Å². The molecule has 1 aliphatic rings. The molecule has 18 heavy (non-hydrogen) atoms. The summed E-state index contributed by atoms with van der Waals surface area (Å²) in [7, 11) is 0. The van der Waals surface area contributed by atoms with Gasteiger partial charge in [0, 0.05) is 48.8 Å². The maximum Gasteiger partial charge on any atom is 0.126 e. The summed E-state index contributed by atoms with van der Waals surface area (Å²) in [5.74, 6) is 0. The van der Waals surface area contributed by atoms with E-state index in [1.807, 2.05) is 24.4 Å². The van der Waals surface area contributed by atoms with Crippen molar-refractivity contribution in [2.45, 2.75) is 6.04 Å². The van der Waals surface area contributed by atoms with Crippen LogP contribution in [0.1, 0.15) is 11.6 Å². The number of rotatable bonds is 2. The first kappa shape index (κ1) is 11.3. The maximum atomic E-state index is 9.48. The van der Waals surface area contributed by atoms with E-state index in [2.05, 4.69) is 27.3 Å². The van der Waals surface area contributed by atoms with Crippen molar-refractivity contribution in [3.05, 3.63) is 36.0 Å². The second-order valence-electron chi connectivity index (χ2n) is 4.61. The molecule has 1 saturated heterocycles. The summed E-state index contributed by atoms with van der Waals surface area (Å²) >= 11 is 0. The fraction of sp³-hybridized carbons (Fsp3) is 0.357. The van der Waals surface area contributed by atoms with Crippen molar-refractivity contribution in [1.29, 1.82) is 5.26 Å². The average molecular weight is 240 g/mol. The van der Waals surface area contributed by atoms with Crippen molar-refractivity contribution in [2.75, 3.05) is 26.2 Å². The predicted molar refractivity (Wildman–Crippen MR) is 71.1 cm³/mol. The van der Waals surface area contributed by atoms with Gasteiger partial charge in [0.25, 0.3) is 0 Å². The topological polar surface area (TPSA) is 54.9 Å². The number of hydrogen-bond acceptors (Lipinski definition) is 3. The van der Waals surface area contributed by atoms with Crippen LogP contribution in [0.5, 0.6) is 0 Å². The summed E-state index contributed by atoms with van der Waals surface area (Å²) in [6.07, 6.45) is 1.97. The molecule has 0 aliphatic carbocycles. The van der Waals surface area contributed by atoms with Crippen LogP contribution < -0.4 is 5.32 Å². The molecule has 0 saturated carbocycles. The maximum absolute atomic E-state index is 9.48. The highest BCUT2D eigenvalue weighted by atomic mass is 15.2. The number of nitrogens with one attached hydrogen (secondary N) is 2. The molecule has 0 amide bonds. The summed E-state index contributed by atoms with van der Waals surface area (Å²) in [5, 5.41) is 14.0. The molecule has 3 rings (SSSR count). The lowest BCUT2D eigenvalue weighted by Gasteiger charge is -2.30. The van der Waals surface area contributed by atoms with Crippen LogP contribution in [0.15, 0.2) is 30.5 Å². The number of piperazine rings is 1. The SMILES string of the molecule is N#CC(c1c[nH]c2ccccc12)N1CCNCC1. The highest BCUT2D eigenvalue weighted by molar-refractivity contribution is 5.83. The highest BCUT2D eigenvalue weighted by Crippen LogP contribution is 2.27. The van der Waals surface area contributed by atoms with Gasteiger partial charge < -0.3 is 10.3 Å². The van der Waals surface area contributed by atoms with Gasteiger partial charge in [0.2, 0.25) is 0 Å². The Labute approximate surface area is 106 Å². The molecule has 2 aromatic rings. The number of H-pyrrole nitrogens is 1. The van der Waals surface area contributed by atoms with Crippen LogP contribution in [-0.4, -0.2) is 36.1 Å². The summed E-state index contributed by atoms with van der Waals surface area (Å²) in [5.41, 5.74) is 2.19. The Morgan fingerprint density at radius 3 is 2.78 bits per heavy atom. The zero-order valence-corrected chi connectivity index (χ0v) is 10.2. The molecule has 1 fully saturated rings. The predicted octanol–water partition coefficient (Wildman–Crippen LogP) is 1.64. The zero-order chi connectivity index (χ0) is 12.4. The third-order valence-electron chi connectivity index (χ3n) is 3.55. The molecular formula is C14H16N4.